The van der Waals surface area contributed by atoms with Gasteiger partial charge in [0.05, 0.1) is 30.1 Å². The average molecular weight is 377 g/mol. The molecule has 1 fully saturated rings. The van der Waals surface area contributed by atoms with Gasteiger partial charge in [0.2, 0.25) is 0 Å². The Kier molecular flexibility index (Phi) is 4.57. The van der Waals surface area contributed by atoms with Crippen LogP contribution in [0.3, 0.4) is 0 Å². The molecule has 26 heavy (non-hydrogen) atoms. The number of nitrogens with zero attached hydrogens (tertiary/aromatic N) is 3. The molecule has 0 saturated heterocycles. The second-order valence-corrected chi connectivity index (χ2v) is 7.27. The summed E-state index contributed by atoms with van der Waals surface area (Å²) in [5.41, 5.74) is 3.46. The van der Waals surface area contributed by atoms with E-state index in [2.05, 4.69) is 43.3 Å². The number of rotatable bonds is 3. The number of thiocarbonyl (C=S) groups is 1. The van der Waals surface area contributed by atoms with Crippen molar-refractivity contribution in [1.29, 1.82) is 5.26 Å². The maximum absolute atomic E-state index is 8.84. The van der Waals surface area contributed by atoms with E-state index in [9.17, 15) is 0 Å². The summed E-state index contributed by atoms with van der Waals surface area (Å²) in [7, 11) is 0. The van der Waals surface area contributed by atoms with Crippen LogP contribution in [0.2, 0.25) is 0 Å². The third-order valence-corrected chi connectivity index (χ3v) is 5.09. The van der Waals surface area contributed by atoms with E-state index >= 15 is 0 Å². The molecule has 1 saturated carbocycles. The predicted molar refractivity (Wildman–Crippen MR) is 107 cm³/mol. The van der Waals surface area contributed by atoms with Crippen molar-refractivity contribution >= 4 is 39.3 Å². The minimum absolute atomic E-state index is 0.519. The van der Waals surface area contributed by atoms with Gasteiger partial charge in [0, 0.05) is 17.0 Å². The lowest BCUT2D eigenvalue weighted by Gasteiger charge is -2.10. The Morgan fingerprint density at radius 2 is 2.15 bits per heavy atom. The van der Waals surface area contributed by atoms with Gasteiger partial charge >= 0.3 is 0 Å². The van der Waals surface area contributed by atoms with Crippen LogP contribution in [0.4, 0.5) is 5.69 Å². The lowest BCUT2D eigenvalue weighted by Crippen LogP contribution is -2.28. The van der Waals surface area contributed by atoms with Crippen LogP contribution < -0.4 is 10.6 Å². The Morgan fingerprint density at radius 3 is 2.88 bits per heavy atom. The second kappa shape index (κ2) is 7.17. The minimum Gasteiger partial charge on any atom is -0.357 e. The Hall–Kier alpha value is -2.87. The number of hydrogen-bond donors (Lipinski definition) is 2. The average Bonchev–Trinajstić information content (AvgIpc) is 3.26. The van der Waals surface area contributed by atoms with Gasteiger partial charge in [0.25, 0.3) is 0 Å². The summed E-state index contributed by atoms with van der Waals surface area (Å²) in [5.74, 6) is 7.15. The number of thiazole rings is 1. The monoisotopic (exact) mass is 377 g/mol. The molecule has 0 amide bonds. The highest BCUT2D eigenvalue weighted by atomic mass is 32.1. The Bertz CT molecular complexity index is 1060. The van der Waals surface area contributed by atoms with Crippen molar-refractivity contribution in [2.45, 2.75) is 19.4 Å². The van der Waals surface area contributed by atoms with Crippen molar-refractivity contribution in [2.75, 3.05) is 5.32 Å². The molecule has 0 bridgehead atoms. The van der Waals surface area contributed by atoms with Crippen LogP contribution in [-0.4, -0.2) is 14.5 Å². The quantitative estimate of drug-likeness (QED) is 0.540. The summed E-state index contributed by atoms with van der Waals surface area (Å²) in [6.45, 7) is 0.554. The first kappa shape index (κ1) is 16.6. The standard InChI is InChI=1S/C19H15N5S2/c20-9-14-3-6-15(7-4-14)23-18(25)21-10-17-11-22-19-24(17)16(12-26-19)8-5-13-1-2-13/h3-4,6-7,11-13H,1-2,10H2,(H2,21,23,25). The van der Waals surface area contributed by atoms with Crippen molar-refractivity contribution < 1.29 is 0 Å². The van der Waals surface area contributed by atoms with Gasteiger partial charge in [-0.25, -0.2) is 4.98 Å². The van der Waals surface area contributed by atoms with E-state index in [0.717, 1.165) is 22.0 Å². The summed E-state index contributed by atoms with van der Waals surface area (Å²) in [6, 6.07) is 9.25. The third-order valence-electron chi connectivity index (χ3n) is 4.00. The molecule has 4 rings (SSSR count). The molecule has 7 heteroatoms. The molecular weight excluding hydrogens is 362 g/mol. The minimum atomic E-state index is 0.519. The number of nitrogens with one attached hydrogen (secondary N) is 2. The number of fused-ring (bicyclic) bond motifs is 1. The van der Waals surface area contributed by atoms with E-state index in [-0.39, 0.29) is 0 Å². The Balaban J connectivity index is 1.42. The molecule has 1 aliphatic rings. The topological polar surface area (TPSA) is 65.2 Å². The Labute approximate surface area is 160 Å². The molecule has 0 atom stereocenters. The molecule has 3 aromatic rings. The molecule has 0 unspecified atom stereocenters. The molecule has 2 heterocycles. The lowest BCUT2D eigenvalue weighted by molar-refractivity contribution is 0.866. The summed E-state index contributed by atoms with van der Waals surface area (Å²) in [5, 5.41) is 17.7. The van der Waals surface area contributed by atoms with Crippen LogP contribution in [0.1, 0.15) is 29.8 Å². The van der Waals surface area contributed by atoms with Gasteiger partial charge in [-0.05, 0) is 55.2 Å². The van der Waals surface area contributed by atoms with Crippen molar-refractivity contribution in [3.63, 3.8) is 0 Å². The number of hydrogen-bond acceptors (Lipinski definition) is 4. The van der Waals surface area contributed by atoms with E-state index in [0.29, 0.717) is 23.1 Å². The number of aromatic nitrogens is 2. The summed E-state index contributed by atoms with van der Waals surface area (Å²) in [4.78, 5) is 5.38. The summed E-state index contributed by atoms with van der Waals surface area (Å²) >= 11 is 6.95. The van der Waals surface area contributed by atoms with Crippen LogP contribution >= 0.6 is 23.6 Å². The first-order valence-electron chi connectivity index (χ1n) is 8.23. The zero-order valence-electron chi connectivity index (χ0n) is 13.8. The van der Waals surface area contributed by atoms with Gasteiger partial charge in [-0.15, -0.1) is 11.3 Å². The molecule has 1 aromatic carbocycles. The molecule has 2 aromatic heterocycles. The SMILES string of the molecule is N#Cc1ccc(NC(=S)NCc2cnc3scc(C#CC4CC4)n23)cc1. The van der Waals surface area contributed by atoms with Crippen molar-refractivity contribution in [3.8, 4) is 17.9 Å². The van der Waals surface area contributed by atoms with Crippen LogP contribution in [0.25, 0.3) is 4.96 Å². The number of imidazole rings is 1. The highest BCUT2D eigenvalue weighted by molar-refractivity contribution is 7.80. The van der Waals surface area contributed by atoms with E-state index < -0.39 is 0 Å². The molecule has 0 aliphatic heterocycles. The lowest BCUT2D eigenvalue weighted by atomic mass is 10.2. The molecular formula is C19H15N5S2. The summed E-state index contributed by atoms with van der Waals surface area (Å²) in [6.07, 6.45) is 4.28. The van der Waals surface area contributed by atoms with Crippen LogP contribution in [-0.2, 0) is 6.54 Å². The first-order valence-corrected chi connectivity index (χ1v) is 9.52. The van der Waals surface area contributed by atoms with Gasteiger partial charge in [-0.1, -0.05) is 5.92 Å². The largest absolute Gasteiger partial charge is 0.357 e. The fraction of sp³-hybridized carbons (Fsp3) is 0.211. The van der Waals surface area contributed by atoms with Crippen molar-refractivity contribution in [2.24, 2.45) is 5.92 Å². The normalized spacial score (nSPS) is 12.9. The molecule has 0 radical (unpaired) electrons. The highest BCUT2D eigenvalue weighted by Crippen LogP contribution is 2.28. The van der Waals surface area contributed by atoms with E-state index in [4.69, 9.17) is 17.5 Å². The second-order valence-electron chi connectivity index (χ2n) is 6.03. The zero-order valence-corrected chi connectivity index (χ0v) is 15.5. The van der Waals surface area contributed by atoms with Gasteiger partial charge in [-0.2, -0.15) is 5.26 Å². The third kappa shape index (κ3) is 3.70. The van der Waals surface area contributed by atoms with Crippen molar-refractivity contribution in [1.82, 2.24) is 14.7 Å². The highest BCUT2D eigenvalue weighted by Gasteiger charge is 2.18. The van der Waals surface area contributed by atoms with Gasteiger partial charge in [-0.3, -0.25) is 4.40 Å². The fourth-order valence-corrected chi connectivity index (χ4v) is 3.46. The predicted octanol–water partition coefficient (Wildman–Crippen LogP) is 3.52. The molecule has 5 nitrogen and oxygen atoms in total. The van der Waals surface area contributed by atoms with Crippen LogP contribution in [0, 0.1) is 29.1 Å². The smallest absolute Gasteiger partial charge is 0.194 e. The van der Waals surface area contributed by atoms with Crippen molar-refractivity contribution in [3.05, 3.63) is 52.8 Å². The summed E-state index contributed by atoms with van der Waals surface area (Å²) < 4.78 is 2.08. The number of benzene rings is 1. The van der Waals surface area contributed by atoms with Crippen LogP contribution in [0.5, 0.6) is 0 Å². The number of anilines is 1. The first-order chi connectivity index (χ1) is 12.7. The van der Waals surface area contributed by atoms with Gasteiger partial charge in [0.15, 0.2) is 10.1 Å². The maximum Gasteiger partial charge on any atom is 0.194 e. The Morgan fingerprint density at radius 1 is 1.35 bits per heavy atom. The molecule has 2 N–H and O–H groups in total. The van der Waals surface area contributed by atoms with E-state index in [1.807, 2.05) is 18.3 Å². The molecule has 128 valence electrons. The number of nitriles is 1. The van der Waals surface area contributed by atoms with Crippen LogP contribution in [0.15, 0.2) is 35.8 Å². The van der Waals surface area contributed by atoms with Gasteiger partial charge < -0.3 is 10.6 Å². The van der Waals surface area contributed by atoms with E-state index in [1.54, 1.807) is 23.5 Å². The molecule has 0 spiro atoms. The fourth-order valence-electron chi connectivity index (χ4n) is 2.46. The zero-order chi connectivity index (χ0) is 17.9. The maximum atomic E-state index is 8.84. The molecule has 1 aliphatic carbocycles. The van der Waals surface area contributed by atoms with E-state index in [1.165, 1.54) is 12.8 Å². The van der Waals surface area contributed by atoms with Gasteiger partial charge in [0.1, 0.15) is 5.69 Å².